The first-order valence-corrected chi connectivity index (χ1v) is 6.82. The lowest BCUT2D eigenvalue weighted by Crippen LogP contribution is -2.47. The quantitative estimate of drug-likeness (QED) is 0.724. The van der Waals surface area contributed by atoms with Crippen molar-refractivity contribution < 1.29 is 14.7 Å². The molecule has 0 bridgehead atoms. The van der Waals surface area contributed by atoms with E-state index in [0.29, 0.717) is 12.0 Å². The van der Waals surface area contributed by atoms with Gasteiger partial charge in [-0.1, -0.05) is 18.8 Å². The molecular weight excluding hydrogens is 244 g/mol. The van der Waals surface area contributed by atoms with Gasteiger partial charge in [-0.3, -0.25) is 9.59 Å². The van der Waals surface area contributed by atoms with Crippen molar-refractivity contribution in [2.75, 3.05) is 13.1 Å². The second-order valence-corrected chi connectivity index (χ2v) is 5.40. The number of carboxylic acid groups (broad SMARTS) is 1. The number of nitrogens with one attached hydrogen (secondary N) is 1. The van der Waals surface area contributed by atoms with Crippen LogP contribution in [0.2, 0.25) is 0 Å². The molecule has 0 spiro atoms. The van der Waals surface area contributed by atoms with Gasteiger partial charge < -0.3 is 15.3 Å². The maximum Gasteiger partial charge on any atom is 0.323 e. The molecule has 5 nitrogen and oxygen atoms in total. The number of nitrogens with zero attached hydrogens (tertiary/aromatic N) is 1. The Kier molecular flexibility index (Phi) is 4.43. The smallest absolute Gasteiger partial charge is 0.323 e. The van der Waals surface area contributed by atoms with Gasteiger partial charge in [-0.25, -0.2) is 0 Å². The molecule has 1 saturated heterocycles. The highest BCUT2D eigenvalue weighted by molar-refractivity contribution is 5.86. The van der Waals surface area contributed by atoms with Crippen LogP contribution in [-0.2, 0) is 9.59 Å². The van der Waals surface area contributed by atoms with Crippen LogP contribution >= 0.6 is 0 Å². The molecule has 3 atom stereocenters. The Bertz CT molecular complexity index is 388. The second-order valence-electron chi connectivity index (χ2n) is 5.40. The van der Waals surface area contributed by atoms with Crippen molar-refractivity contribution in [1.82, 2.24) is 10.2 Å². The Morgan fingerprint density at radius 2 is 2.11 bits per heavy atom. The predicted octanol–water partition coefficient (Wildman–Crippen LogP) is 0.454. The molecule has 2 fully saturated rings. The Balaban J connectivity index is 1.98. The normalized spacial score (nSPS) is 29.3. The minimum atomic E-state index is -1.03. The molecule has 1 aliphatic heterocycles. The summed E-state index contributed by atoms with van der Waals surface area (Å²) in [5.74, 6) is 1.71. The Morgan fingerprint density at radius 3 is 2.74 bits per heavy atom. The van der Waals surface area contributed by atoms with Gasteiger partial charge in [0, 0.05) is 6.04 Å². The number of carbonyl (C=O) groups is 2. The van der Waals surface area contributed by atoms with E-state index in [4.69, 9.17) is 11.5 Å². The van der Waals surface area contributed by atoms with E-state index in [2.05, 4.69) is 11.2 Å². The number of fused-ring (bicyclic) bond motifs is 1. The van der Waals surface area contributed by atoms with Crippen LogP contribution in [0.3, 0.4) is 0 Å². The molecule has 1 heterocycles. The molecule has 104 valence electrons. The lowest BCUT2D eigenvalue weighted by atomic mass is 9.85. The van der Waals surface area contributed by atoms with Gasteiger partial charge >= 0.3 is 5.97 Å². The fourth-order valence-electron chi connectivity index (χ4n) is 3.22. The summed E-state index contributed by atoms with van der Waals surface area (Å²) in [6, 6.07) is 0.154. The van der Waals surface area contributed by atoms with E-state index in [0.717, 1.165) is 19.3 Å². The molecule has 1 amide bonds. The van der Waals surface area contributed by atoms with Gasteiger partial charge in [0.25, 0.3) is 0 Å². The lowest BCUT2D eigenvalue weighted by Gasteiger charge is -2.24. The summed E-state index contributed by atoms with van der Waals surface area (Å²) >= 11 is 0. The summed E-state index contributed by atoms with van der Waals surface area (Å²) in [4.78, 5) is 24.3. The van der Waals surface area contributed by atoms with Crippen LogP contribution in [-0.4, -0.2) is 47.1 Å². The number of carbonyl (C=O) groups excluding carboxylic acids is 1. The fraction of sp³-hybridized carbons (Fsp3) is 0.714. The molecule has 2 aliphatic rings. The summed E-state index contributed by atoms with van der Waals surface area (Å²) in [5.41, 5.74) is 0. The van der Waals surface area contributed by atoms with Gasteiger partial charge in [0.05, 0.1) is 12.6 Å². The summed E-state index contributed by atoms with van der Waals surface area (Å²) in [5, 5.41) is 12.2. The fourth-order valence-corrected chi connectivity index (χ4v) is 3.22. The van der Waals surface area contributed by atoms with Crippen LogP contribution in [0.5, 0.6) is 0 Å². The molecule has 0 aromatic carbocycles. The van der Waals surface area contributed by atoms with Crippen molar-refractivity contribution in [3.63, 3.8) is 0 Å². The van der Waals surface area contributed by atoms with Gasteiger partial charge in [-0.15, -0.1) is 6.42 Å². The SMILES string of the molecule is C#CCN(CC(=O)O)C(=O)C1CC2CCCCC2N1. The van der Waals surface area contributed by atoms with Crippen molar-refractivity contribution in [1.29, 1.82) is 0 Å². The van der Waals surface area contributed by atoms with Crippen LogP contribution in [0.15, 0.2) is 0 Å². The van der Waals surface area contributed by atoms with Gasteiger partial charge in [-0.05, 0) is 25.2 Å². The number of amides is 1. The van der Waals surface area contributed by atoms with Crippen LogP contribution in [0, 0.1) is 18.3 Å². The topological polar surface area (TPSA) is 69.6 Å². The summed E-state index contributed by atoms with van der Waals surface area (Å²) in [6.45, 7) is -0.269. The molecule has 0 aromatic heterocycles. The molecular formula is C14H20N2O3. The van der Waals surface area contributed by atoms with E-state index in [1.54, 1.807) is 0 Å². The zero-order chi connectivity index (χ0) is 13.8. The van der Waals surface area contributed by atoms with Gasteiger partial charge in [0.1, 0.15) is 6.54 Å². The highest BCUT2D eigenvalue weighted by Gasteiger charge is 2.39. The Labute approximate surface area is 113 Å². The average molecular weight is 264 g/mol. The minimum absolute atomic E-state index is 0.0542. The number of carboxylic acids is 1. The molecule has 1 aliphatic carbocycles. The third-order valence-electron chi connectivity index (χ3n) is 4.08. The van der Waals surface area contributed by atoms with Crippen molar-refractivity contribution in [2.24, 2.45) is 5.92 Å². The van der Waals surface area contributed by atoms with E-state index < -0.39 is 5.97 Å². The van der Waals surface area contributed by atoms with Crippen molar-refractivity contribution in [2.45, 2.75) is 44.2 Å². The third kappa shape index (κ3) is 3.27. The first kappa shape index (κ1) is 13.9. The van der Waals surface area contributed by atoms with Gasteiger partial charge in [-0.2, -0.15) is 0 Å². The molecule has 2 N–H and O–H groups in total. The molecule has 1 saturated carbocycles. The van der Waals surface area contributed by atoms with Crippen molar-refractivity contribution in [3.8, 4) is 12.3 Å². The number of aliphatic carboxylic acids is 1. The van der Waals surface area contributed by atoms with E-state index in [-0.39, 0.29) is 25.0 Å². The molecule has 2 rings (SSSR count). The lowest BCUT2D eigenvalue weighted by molar-refractivity contribution is -0.144. The average Bonchev–Trinajstić information content (AvgIpc) is 2.80. The number of hydrogen-bond donors (Lipinski definition) is 2. The minimum Gasteiger partial charge on any atom is -0.480 e. The predicted molar refractivity (Wildman–Crippen MR) is 70.3 cm³/mol. The van der Waals surface area contributed by atoms with Gasteiger partial charge in [0.2, 0.25) is 5.91 Å². The Morgan fingerprint density at radius 1 is 1.37 bits per heavy atom. The van der Waals surface area contributed by atoms with Crippen molar-refractivity contribution in [3.05, 3.63) is 0 Å². The zero-order valence-corrected chi connectivity index (χ0v) is 11.0. The van der Waals surface area contributed by atoms with E-state index in [1.165, 1.54) is 17.7 Å². The molecule has 0 aromatic rings. The van der Waals surface area contributed by atoms with Crippen LogP contribution in [0.4, 0.5) is 0 Å². The number of hydrogen-bond acceptors (Lipinski definition) is 3. The second kappa shape index (κ2) is 6.07. The molecule has 19 heavy (non-hydrogen) atoms. The van der Waals surface area contributed by atoms with Crippen LogP contribution in [0.1, 0.15) is 32.1 Å². The van der Waals surface area contributed by atoms with E-state index in [9.17, 15) is 9.59 Å². The van der Waals surface area contributed by atoms with Crippen LogP contribution in [0.25, 0.3) is 0 Å². The van der Waals surface area contributed by atoms with E-state index >= 15 is 0 Å². The first-order valence-electron chi connectivity index (χ1n) is 6.82. The van der Waals surface area contributed by atoms with Crippen molar-refractivity contribution >= 4 is 11.9 Å². The molecule has 5 heteroatoms. The maximum atomic E-state index is 12.3. The van der Waals surface area contributed by atoms with Crippen LogP contribution < -0.4 is 5.32 Å². The summed E-state index contributed by atoms with van der Waals surface area (Å²) < 4.78 is 0. The molecule has 0 radical (unpaired) electrons. The summed E-state index contributed by atoms with van der Waals surface area (Å²) in [7, 11) is 0. The highest BCUT2D eigenvalue weighted by Crippen LogP contribution is 2.33. The largest absolute Gasteiger partial charge is 0.480 e. The first-order chi connectivity index (χ1) is 9.11. The standard InChI is InChI=1S/C14H20N2O3/c1-2-7-16(9-13(17)18)14(19)12-8-10-5-3-4-6-11(10)15-12/h1,10-12,15H,3-9H2,(H,17,18). The number of rotatable bonds is 4. The number of terminal acetylenes is 1. The monoisotopic (exact) mass is 264 g/mol. The van der Waals surface area contributed by atoms with Gasteiger partial charge in [0.15, 0.2) is 0 Å². The summed E-state index contributed by atoms with van der Waals surface area (Å²) in [6.07, 6.45) is 10.7. The molecule has 3 unspecified atom stereocenters. The Hall–Kier alpha value is -1.54. The maximum absolute atomic E-state index is 12.3. The van der Waals surface area contributed by atoms with E-state index in [1.807, 2.05) is 0 Å². The zero-order valence-electron chi connectivity index (χ0n) is 11.0. The third-order valence-corrected chi connectivity index (χ3v) is 4.08. The highest BCUT2D eigenvalue weighted by atomic mass is 16.4.